The third kappa shape index (κ3) is 5.07. The molecule has 0 bridgehead atoms. The fourth-order valence-corrected chi connectivity index (χ4v) is 8.60. The van der Waals surface area contributed by atoms with Crippen molar-refractivity contribution in [3.8, 4) is 5.75 Å². The summed E-state index contributed by atoms with van der Waals surface area (Å²) in [6, 6.07) is 16.9. The van der Waals surface area contributed by atoms with Crippen molar-refractivity contribution in [3.63, 3.8) is 0 Å². The van der Waals surface area contributed by atoms with Crippen LogP contribution in [0.2, 0.25) is 0 Å². The van der Waals surface area contributed by atoms with Gasteiger partial charge in [0.15, 0.2) is 11.6 Å². The summed E-state index contributed by atoms with van der Waals surface area (Å²) in [6.45, 7) is 0.627. The molecule has 10 heteroatoms. The smallest absolute Gasteiger partial charge is 0.266 e. The van der Waals surface area contributed by atoms with Crippen LogP contribution in [-0.2, 0) is 0 Å². The van der Waals surface area contributed by atoms with E-state index >= 15 is 0 Å². The molecule has 0 radical (unpaired) electrons. The van der Waals surface area contributed by atoms with Gasteiger partial charge >= 0.3 is 0 Å². The van der Waals surface area contributed by atoms with Crippen LogP contribution in [0.1, 0.15) is 97.3 Å². The predicted octanol–water partition coefficient (Wildman–Crippen LogP) is 8.06. The fourth-order valence-electron chi connectivity index (χ4n) is 8.16. The number of amides is 2. The molecule has 0 saturated heterocycles. The zero-order chi connectivity index (χ0) is 35.7. The van der Waals surface area contributed by atoms with Crippen molar-refractivity contribution >= 4 is 68.1 Å². The Morgan fingerprint density at radius 1 is 0.808 bits per heavy atom. The number of aromatic amines is 1. The molecule has 4 aromatic carbocycles. The molecule has 1 fully saturated rings. The maximum atomic E-state index is 14.4. The first-order valence-electron chi connectivity index (χ1n) is 17.6. The second kappa shape index (κ2) is 12.6. The van der Waals surface area contributed by atoms with Gasteiger partial charge in [0.05, 0.1) is 23.2 Å². The number of thioether (sulfide) groups is 1. The van der Waals surface area contributed by atoms with Gasteiger partial charge in [-0.05, 0) is 97.7 Å². The number of ether oxygens (including phenoxy) is 1. The lowest BCUT2D eigenvalue weighted by atomic mass is 9.76. The molecular weight excluding hydrogens is 675 g/mol. The molecule has 2 heterocycles. The van der Waals surface area contributed by atoms with Crippen molar-refractivity contribution in [3.05, 3.63) is 123 Å². The van der Waals surface area contributed by atoms with E-state index in [4.69, 9.17) is 4.74 Å². The first kappa shape index (κ1) is 32.3. The van der Waals surface area contributed by atoms with E-state index in [1.54, 1.807) is 30.3 Å². The number of hydrogen-bond acceptors (Lipinski definition) is 8. The molecule has 0 spiro atoms. The lowest BCUT2D eigenvalue weighted by molar-refractivity contribution is 0.0843. The van der Waals surface area contributed by atoms with Gasteiger partial charge in [-0.1, -0.05) is 37.5 Å². The highest BCUT2D eigenvalue weighted by Crippen LogP contribution is 2.44. The first-order chi connectivity index (χ1) is 25.3. The maximum absolute atomic E-state index is 14.4. The quantitative estimate of drug-likeness (QED) is 0.102. The number of H-pyrrole nitrogens is 1. The lowest BCUT2D eigenvalue weighted by Gasteiger charge is -2.31. The molecule has 1 aromatic heterocycles. The Morgan fingerprint density at radius 2 is 1.50 bits per heavy atom. The molecule has 2 amide bonds. The molecule has 1 aliphatic heterocycles. The van der Waals surface area contributed by atoms with E-state index in [0.29, 0.717) is 41.3 Å². The average Bonchev–Trinajstić information content (AvgIpc) is 3.71. The van der Waals surface area contributed by atoms with Gasteiger partial charge in [0.2, 0.25) is 0 Å². The van der Waals surface area contributed by atoms with E-state index in [1.807, 2.05) is 42.7 Å². The number of hydrogen-bond donors (Lipinski definition) is 1. The number of carbonyl (C=O) groups is 4. The third-order valence-electron chi connectivity index (χ3n) is 10.8. The van der Waals surface area contributed by atoms with Crippen LogP contribution in [0.3, 0.4) is 0 Å². The number of carbonyl (C=O) groups excluding carboxylic acids is 4. The number of aromatic nitrogens is 2. The van der Waals surface area contributed by atoms with E-state index in [0.717, 1.165) is 28.9 Å². The Balaban J connectivity index is 1.10. The van der Waals surface area contributed by atoms with Gasteiger partial charge in [-0.15, -0.1) is 11.8 Å². The van der Waals surface area contributed by atoms with Gasteiger partial charge in [-0.3, -0.25) is 24.0 Å². The molecule has 0 unspecified atom stereocenters. The molecule has 9 rings (SSSR count). The van der Waals surface area contributed by atoms with Crippen LogP contribution in [0.25, 0.3) is 27.2 Å². The fraction of sp³-hybridized carbons (Fsp3) is 0.238. The highest BCUT2D eigenvalue weighted by molar-refractivity contribution is 7.98. The minimum absolute atomic E-state index is 0.0452. The Labute approximate surface area is 302 Å². The maximum Gasteiger partial charge on any atom is 0.266 e. The molecule has 52 heavy (non-hydrogen) atoms. The number of imide groups is 1. The minimum Gasteiger partial charge on any atom is -0.493 e. The van der Waals surface area contributed by atoms with E-state index in [1.165, 1.54) is 48.1 Å². The van der Waals surface area contributed by atoms with Gasteiger partial charge in [0.1, 0.15) is 17.5 Å². The van der Waals surface area contributed by atoms with Gasteiger partial charge in [0.25, 0.3) is 17.4 Å². The number of nitrogens with zero attached hydrogens (tertiary/aromatic N) is 2. The van der Waals surface area contributed by atoms with Crippen LogP contribution in [0, 0.1) is 5.92 Å². The van der Waals surface area contributed by atoms with Gasteiger partial charge in [-0.25, -0.2) is 9.88 Å². The normalized spacial score (nSPS) is 17.5. The Kier molecular flexibility index (Phi) is 7.80. The van der Waals surface area contributed by atoms with Crippen LogP contribution >= 0.6 is 11.8 Å². The average molecular weight is 708 g/mol. The summed E-state index contributed by atoms with van der Waals surface area (Å²) in [4.78, 5) is 79.5. The molecular formula is C42H33N3O6S. The third-order valence-corrected chi connectivity index (χ3v) is 11.5. The molecule has 258 valence electrons. The molecule has 3 aliphatic carbocycles. The van der Waals surface area contributed by atoms with Crippen molar-refractivity contribution < 1.29 is 23.9 Å². The Morgan fingerprint density at radius 3 is 2.17 bits per heavy atom. The molecule has 9 nitrogen and oxygen atoms in total. The minimum atomic E-state index is -1.38. The topological polar surface area (TPSA) is 126 Å². The number of benzene rings is 4. The van der Waals surface area contributed by atoms with Crippen molar-refractivity contribution in [1.82, 2.24) is 9.97 Å². The molecule has 1 saturated carbocycles. The number of ketones is 2. The summed E-state index contributed by atoms with van der Waals surface area (Å²) in [7, 11) is 0. The zero-order valence-electron chi connectivity index (χ0n) is 28.4. The van der Waals surface area contributed by atoms with Gasteiger partial charge in [0, 0.05) is 43.5 Å². The largest absolute Gasteiger partial charge is 0.493 e. The van der Waals surface area contributed by atoms with E-state index in [-0.39, 0.29) is 38.9 Å². The number of fused-ring (bicyclic) bond motifs is 1. The summed E-state index contributed by atoms with van der Waals surface area (Å²) in [5, 5.41) is 0.906. The molecule has 4 aliphatic rings. The summed E-state index contributed by atoms with van der Waals surface area (Å²) >= 11 is 1.49. The standard InChI is InChI=1S/C42H33N3O6S/c1-52-25-12-17-32-31(20-25)40(48)44-39(43-32)36-37(46)26-13-15-28-35-29(16-14-27(34(26)35)38(36)47)42(50)45(41(28)49)33-18-11-24(19-30(33)23-9-5-6-10-23)51-21-22-7-3-2-4-8-22/h5-6,9,11-20,22,36H,2-4,7-8,10,21H2,1H3,(H,43,44,48). The number of anilines is 1. The van der Waals surface area contributed by atoms with Crippen molar-refractivity contribution in [2.75, 3.05) is 17.8 Å². The second-order valence-electron chi connectivity index (χ2n) is 13.8. The SMILES string of the molecule is CSc1ccc2nc(C3C(=O)c4ccc5c6c(ccc(c46)C3=O)C(=O)N(c3ccc(OCC4CCCCC4)cc3C3=CC=CC3)C5=O)[nH]c(=O)c2c1. The monoisotopic (exact) mass is 707 g/mol. The van der Waals surface area contributed by atoms with Gasteiger partial charge < -0.3 is 9.72 Å². The molecule has 1 N–H and O–H groups in total. The number of Topliss-reactive ketones (excluding diaryl/α,β-unsaturated/α-hetero) is 2. The molecule has 0 atom stereocenters. The van der Waals surface area contributed by atoms with Crippen molar-refractivity contribution in [1.29, 1.82) is 0 Å². The number of nitrogens with one attached hydrogen (secondary N) is 1. The van der Waals surface area contributed by atoms with E-state index in [2.05, 4.69) is 9.97 Å². The van der Waals surface area contributed by atoms with E-state index in [9.17, 15) is 24.0 Å². The Hall–Kier alpha value is -5.61. The van der Waals surface area contributed by atoms with Crippen LogP contribution in [-0.4, -0.2) is 46.2 Å². The summed E-state index contributed by atoms with van der Waals surface area (Å²) in [5.74, 6) is -2.43. The van der Waals surface area contributed by atoms with Crippen LogP contribution in [0.15, 0.2) is 88.6 Å². The summed E-state index contributed by atoms with van der Waals surface area (Å²) < 4.78 is 6.26. The highest BCUT2D eigenvalue weighted by atomic mass is 32.2. The second-order valence-corrected chi connectivity index (χ2v) is 14.7. The van der Waals surface area contributed by atoms with Crippen LogP contribution in [0.4, 0.5) is 5.69 Å². The van der Waals surface area contributed by atoms with Crippen LogP contribution < -0.4 is 15.2 Å². The number of rotatable bonds is 7. The Bertz CT molecular complexity index is 2470. The van der Waals surface area contributed by atoms with Crippen LogP contribution in [0.5, 0.6) is 5.75 Å². The lowest BCUT2D eigenvalue weighted by Crippen LogP contribution is -2.41. The number of allylic oxidation sites excluding steroid dienone is 4. The summed E-state index contributed by atoms with van der Waals surface area (Å²) in [6.07, 6.45) is 14.5. The molecule has 5 aromatic rings. The zero-order valence-corrected chi connectivity index (χ0v) is 29.2. The van der Waals surface area contributed by atoms with Crippen molar-refractivity contribution in [2.24, 2.45) is 5.92 Å². The van der Waals surface area contributed by atoms with Crippen molar-refractivity contribution in [2.45, 2.75) is 49.3 Å². The first-order valence-corrected chi connectivity index (χ1v) is 18.8. The highest BCUT2D eigenvalue weighted by Gasteiger charge is 2.43. The predicted molar refractivity (Wildman–Crippen MR) is 201 cm³/mol. The van der Waals surface area contributed by atoms with E-state index < -0.39 is 34.9 Å². The van der Waals surface area contributed by atoms with Gasteiger partial charge in [-0.2, -0.15) is 0 Å². The summed E-state index contributed by atoms with van der Waals surface area (Å²) in [5.41, 5.74) is 2.88.